The number of aliphatic hydroxyl groups excluding tert-OH is 1. The van der Waals surface area contributed by atoms with Gasteiger partial charge in [0.2, 0.25) is 0 Å². The SMILES string of the molecule is Cc1cc(CNCC(O)CC2CCCC2)no1. The van der Waals surface area contributed by atoms with E-state index >= 15 is 0 Å². The van der Waals surface area contributed by atoms with Crippen LogP contribution in [0.2, 0.25) is 0 Å². The van der Waals surface area contributed by atoms with Crippen molar-refractivity contribution >= 4 is 0 Å². The van der Waals surface area contributed by atoms with Crippen molar-refractivity contribution < 1.29 is 9.63 Å². The van der Waals surface area contributed by atoms with Crippen molar-refractivity contribution in [2.24, 2.45) is 5.92 Å². The number of aliphatic hydroxyl groups is 1. The van der Waals surface area contributed by atoms with Crippen molar-refractivity contribution in [3.05, 3.63) is 17.5 Å². The van der Waals surface area contributed by atoms with E-state index in [1.165, 1.54) is 25.7 Å². The van der Waals surface area contributed by atoms with Crippen molar-refractivity contribution in [1.29, 1.82) is 0 Å². The van der Waals surface area contributed by atoms with Gasteiger partial charge in [-0.3, -0.25) is 0 Å². The summed E-state index contributed by atoms with van der Waals surface area (Å²) in [5, 5.41) is 17.0. The predicted molar refractivity (Wildman–Crippen MR) is 65.5 cm³/mol. The van der Waals surface area contributed by atoms with E-state index in [0.717, 1.165) is 23.8 Å². The van der Waals surface area contributed by atoms with E-state index < -0.39 is 0 Å². The smallest absolute Gasteiger partial charge is 0.133 e. The van der Waals surface area contributed by atoms with Gasteiger partial charge >= 0.3 is 0 Å². The highest BCUT2D eigenvalue weighted by atomic mass is 16.5. The molecule has 2 N–H and O–H groups in total. The fourth-order valence-electron chi connectivity index (χ4n) is 2.58. The Morgan fingerprint density at radius 3 is 2.94 bits per heavy atom. The molecule has 2 rings (SSSR count). The maximum absolute atomic E-state index is 9.89. The van der Waals surface area contributed by atoms with Crippen LogP contribution in [0.5, 0.6) is 0 Å². The second kappa shape index (κ2) is 6.17. The first-order valence-corrected chi connectivity index (χ1v) is 6.55. The monoisotopic (exact) mass is 238 g/mol. The Balaban J connectivity index is 1.60. The van der Waals surface area contributed by atoms with Gasteiger partial charge in [0.15, 0.2) is 0 Å². The highest BCUT2D eigenvalue weighted by Crippen LogP contribution is 2.28. The van der Waals surface area contributed by atoms with E-state index in [4.69, 9.17) is 4.52 Å². The lowest BCUT2D eigenvalue weighted by Crippen LogP contribution is -2.28. The zero-order chi connectivity index (χ0) is 12.1. The topological polar surface area (TPSA) is 58.3 Å². The molecule has 1 atom stereocenters. The quantitative estimate of drug-likeness (QED) is 0.796. The molecule has 0 saturated heterocycles. The average Bonchev–Trinajstić information content (AvgIpc) is 2.90. The van der Waals surface area contributed by atoms with Gasteiger partial charge in [0.05, 0.1) is 11.8 Å². The molecule has 96 valence electrons. The van der Waals surface area contributed by atoms with Gasteiger partial charge in [0, 0.05) is 19.2 Å². The summed E-state index contributed by atoms with van der Waals surface area (Å²) >= 11 is 0. The summed E-state index contributed by atoms with van der Waals surface area (Å²) in [6, 6.07) is 1.91. The molecule has 0 bridgehead atoms. The molecule has 1 fully saturated rings. The molecule has 0 aliphatic heterocycles. The first-order chi connectivity index (χ1) is 8.24. The van der Waals surface area contributed by atoms with Crippen molar-refractivity contribution in [1.82, 2.24) is 10.5 Å². The summed E-state index contributed by atoms with van der Waals surface area (Å²) in [7, 11) is 0. The summed E-state index contributed by atoms with van der Waals surface area (Å²) in [6.45, 7) is 3.19. The zero-order valence-corrected chi connectivity index (χ0v) is 10.5. The Bertz CT molecular complexity index is 332. The number of aryl methyl sites for hydroxylation is 1. The Hall–Kier alpha value is -0.870. The summed E-state index contributed by atoms with van der Waals surface area (Å²) < 4.78 is 4.98. The average molecular weight is 238 g/mol. The Morgan fingerprint density at radius 1 is 1.53 bits per heavy atom. The second-order valence-electron chi connectivity index (χ2n) is 5.10. The normalized spacial score (nSPS) is 18.7. The van der Waals surface area contributed by atoms with Crippen LogP contribution >= 0.6 is 0 Å². The van der Waals surface area contributed by atoms with Gasteiger partial charge < -0.3 is 14.9 Å². The van der Waals surface area contributed by atoms with Crippen LogP contribution in [-0.2, 0) is 6.54 Å². The summed E-state index contributed by atoms with van der Waals surface area (Å²) in [6.07, 6.45) is 5.96. The molecular formula is C13H22N2O2. The summed E-state index contributed by atoms with van der Waals surface area (Å²) in [4.78, 5) is 0. The zero-order valence-electron chi connectivity index (χ0n) is 10.5. The lowest BCUT2D eigenvalue weighted by atomic mass is 10.0. The second-order valence-corrected chi connectivity index (χ2v) is 5.10. The highest BCUT2D eigenvalue weighted by molar-refractivity contribution is 5.02. The third-order valence-corrected chi connectivity index (χ3v) is 3.44. The highest BCUT2D eigenvalue weighted by Gasteiger charge is 2.18. The van der Waals surface area contributed by atoms with Gasteiger partial charge in [-0.2, -0.15) is 0 Å². The predicted octanol–water partition coefficient (Wildman–Crippen LogP) is 2.01. The van der Waals surface area contributed by atoms with Crippen LogP contribution < -0.4 is 5.32 Å². The van der Waals surface area contributed by atoms with E-state index in [9.17, 15) is 5.11 Å². The maximum Gasteiger partial charge on any atom is 0.133 e. The lowest BCUT2D eigenvalue weighted by Gasteiger charge is -2.15. The summed E-state index contributed by atoms with van der Waals surface area (Å²) in [5.74, 6) is 1.56. The molecule has 1 aliphatic rings. The molecule has 0 spiro atoms. The van der Waals surface area contributed by atoms with Gasteiger partial charge in [-0.1, -0.05) is 30.8 Å². The van der Waals surface area contributed by atoms with Crippen LogP contribution in [0.4, 0.5) is 0 Å². The van der Waals surface area contributed by atoms with E-state index in [1.54, 1.807) is 0 Å². The third kappa shape index (κ3) is 4.13. The van der Waals surface area contributed by atoms with E-state index in [1.807, 2.05) is 13.0 Å². The Morgan fingerprint density at radius 2 is 2.29 bits per heavy atom. The number of hydrogen-bond acceptors (Lipinski definition) is 4. The van der Waals surface area contributed by atoms with Crippen molar-refractivity contribution in [2.45, 2.75) is 51.7 Å². The standard InChI is InChI=1S/C13H22N2O2/c1-10-6-12(15-17-10)8-14-9-13(16)7-11-4-2-3-5-11/h6,11,13-14,16H,2-5,7-9H2,1H3. The molecule has 1 aromatic rings. The number of rotatable bonds is 6. The van der Waals surface area contributed by atoms with E-state index in [2.05, 4.69) is 10.5 Å². The van der Waals surface area contributed by atoms with Gasteiger partial charge in [-0.25, -0.2) is 0 Å². The molecule has 0 amide bonds. The maximum atomic E-state index is 9.89. The molecule has 1 heterocycles. The van der Waals surface area contributed by atoms with Gasteiger partial charge in [0.1, 0.15) is 5.76 Å². The number of hydrogen-bond donors (Lipinski definition) is 2. The number of nitrogens with zero attached hydrogens (tertiary/aromatic N) is 1. The van der Waals surface area contributed by atoms with Crippen LogP contribution in [0.1, 0.15) is 43.6 Å². The number of nitrogens with one attached hydrogen (secondary N) is 1. The first-order valence-electron chi connectivity index (χ1n) is 6.55. The first kappa shape index (κ1) is 12.6. The minimum Gasteiger partial charge on any atom is -0.392 e. The molecule has 1 saturated carbocycles. The van der Waals surface area contributed by atoms with E-state index in [-0.39, 0.29) is 6.10 Å². The van der Waals surface area contributed by atoms with Crippen LogP contribution in [0.15, 0.2) is 10.6 Å². The Kier molecular flexibility index (Phi) is 4.57. The molecule has 17 heavy (non-hydrogen) atoms. The van der Waals surface area contributed by atoms with Crippen LogP contribution in [0.3, 0.4) is 0 Å². The molecule has 0 aromatic carbocycles. The molecular weight excluding hydrogens is 216 g/mol. The fraction of sp³-hybridized carbons (Fsp3) is 0.769. The van der Waals surface area contributed by atoms with Crippen LogP contribution in [0, 0.1) is 12.8 Å². The minimum absolute atomic E-state index is 0.230. The molecule has 4 heteroatoms. The molecule has 4 nitrogen and oxygen atoms in total. The lowest BCUT2D eigenvalue weighted by molar-refractivity contribution is 0.140. The van der Waals surface area contributed by atoms with E-state index in [0.29, 0.717) is 13.1 Å². The van der Waals surface area contributed by atoms with Gasteiger partial charge in [-0.05, 0) is 19.3 Å². The van der Waals surface area contributed by atoms with Crippen molar-refractivity contribution in [2.75, 3.05) is 6.54 Å². The third-order valence-electron chi connectivity index (χ3n) is 3.44. The van der Waals surface area contributed by atoms with Crippen LogP contribution in [-0.4, -0.2) is 22.9 Å². The Labute approximate surface area is 102 Å². The molecule has 1 aliphatic carbocycles. The van der Waals surface area contributed by atoms with Crippen molar-refractivity contribution in [3.8, 4) is 0 Å². The van der Waals surface area contributed by atoms with Crippen LogP contribution in [0.25, 0.3) is 0 Å². The molecule has 1 aromatic heterocycles. The molecule has 1 unspecified atom stereocenters. The fourth-order valence-corrected chi connectivity index (χ4v) is 2.58. The van der Waals surface area contributed by atoms with Crippen molar-refractivity contribution in [3.63, 3.8) is 0 Å². The van der Waals surface area contributed by atoms with Gasteiger partial charge in [0.25, 0.3) is 0 Å². The molecule has 0 radical (unpaired) electrons. The number of aromatic nitrogens is 1. The van der Waals surface area contributed by atoms with Gasteiger partial charge in [-0.15, -0.1) is 0 Å². The largest absolute Gasteiger partial charge is 0.392 e. The summed E-state index contributed by atoms with van der Waals surface area (Å²) in [5.41, 5.74) is 0.899. The minimum atomic E-state index is -0.230.